The van der Waals surface area contributed by atoms with Crippen molar-refractivity contribution in [1.82, 2.24) is 14.7 Å². The SMILES string of the molecule is C[C@H]1[C@H](NC(=O)/C(=N\OCC2CC(=O)C(O)=CN2O)c2cccs2)C(=O)N1S(=O)(=O)O. The summed E-state index contributed by atoms with van der Waals surface area (Å²) in [4.78, 5) is 41.7. The minimum atomic E-state index is -4.74. The fraction of sp³-hybridized carbons (Fsp3) is 0.375. The number of hydroxylamine groups is 2. The maximum absolute atomic E-state index is 12.7. The van der Waals surface area contributed by atoms with Gasteiger partial charge in [-0.2, -0.15) is 8.42 Å². The summed E-state index contributed by atoms with van der Waals surface area (Å²) in [7, 11) is -4.74. The van der Waals surface area contributed by atoms with E-state index in [2.05, 4.69) is 10.5 Å². The first-order chi connectivity index (χ1) is 14.5. The van der Waals surface area contributed by atoms with Crippen LogP contribution in [0.2, 0.25) is 0 Å². The zero-order valence-electron chi connectivity index (χ0n) is 15.9. The van der Waals surface area contributed by atoms with Crippen LogP contribution in [-0.4, -0.2) is 80.7 Å². The Kier molecular flexibility index (Phi) is 6.30. The lowest BCUT2D eigenvalue weighted by Crippen LogP contribution is -2.71. The predicted molar refractivity (Wildman–Crippen MR) is 104 cm³/mol. The first-order valence-electron chi connectivity index (χ1n) is 8.77. The minimum absolute atomic E-state index is 0.217. The van der Waals surface area contributed by atoms with Crippen LogP contribution in [0.1, 0.15) is 18.2 Å². The van der Waals surface area contributed by atoms with E-state index in [4.69, 9.17) is 9.39 Å². The van der Waals surface area contributed by atoms with Crippen molar-refractivity contribution in [3.63, 3.8) is 0 Å². The van der Waals surface area contributed by atoms with Gasteiger partial charge in [-0.3, -0.25) is 29.2 Å². The maximum Gasteiger partial charge on any atom is 0.362 e. The van der Waals surface area contributed by atoms with Crippen molar-refractivity contribution in [1.29, 1.82) is 0 Å². The van der Waals surface area contributed by atoms with Gasteiger partial charge in [0.25, 0.3) is 11.8 Å². The highest BCUT2D eigenvalue weighted by Crippen LogP contribution is 2.23. The van der Waals surface area contributed by atoms with Gasteiger partial charge in [0.1, 0.15) is 12.6 Å². The van der Waals surface area contributed by atoms with Crippen LogP contribution < -0.4 is 5.32 Å². The fourth-order valence-corrected chi connectivity index (χ4v) is 4.55. The Balaban J connectivity index is 1.70. The lowest BCUT2D eigenvalue weighted by molar-refractivity contribution is -0.143. The number of carbonyl (C=O) groups is 3. The number of hydrogen-bond acceptors (Lipinski definition) is 11. The van der Waals surface area contributed by atoms with Crippen molar-refractivity contribution in [2.24, 2.45) is 5.16 Å². The molecule has 0 saturated carbocycles. The highest BCUT2D eigenvalue weighted by molar-refractivity contribution is 7.84. The van der Waals surface area contributed by atoms with Gasteiger partial charge in [-0.1, -0.05) is 11.2 Å². The van der Waals surface area contributed by atoms with Crippen molar-refractivity contribution in [3.05, 3.63) is 34.3 Å². The van der Waals surface area contributed by atoms with Crippen molar-refractivity contribution in [2.45, 2.75) is 31.5 Å². The van der Waals surface area contributed by atoms with E-state index in [9.17, 15) is 33.1 Å². The zero-order valence-corrected chi connectivity index (χ0v) is 17.5. The number of aliphatic hydroxyl groups is 1. The third-order valence-electron chi connectivity index (χ3n) is 4.60. The lowest BCUT2D eigenvalue weighted by atomic mass is 10.0. The van der Waals surface area contributed by atoms with E-state index in [0.29, 0.717) is 9.94 Å². The second-order valence-corrected chi connectivity index (χ2v) is 8.93. The molecular formula is C16H18N4O9S2. The molecule has 1 aromatic heterocycles. The largest absolute Gasteiger partial charge is 0.503 e. The maximum atomic E-state index is 12.7. The molecule has 31 heavy (non-hydrogen) atoms. The van der Waals surface area contributed by atoms with E-state index < -0.39 is 51.8 Å². The molecule has 3 atom stereocenters. The van der Waals surface area contributed by atoms with E-state index in [1.807, 2.05) is 0 Å². The number of β-lactam (4-membered cyclic amide) rings is 1. The number of Topliss-reactive ketones (excluding diaryl/α,β-unsaturated/α-hetero) is 1. The number of nitrogens with zero attached hydrogens (tertiary/aromatic N) is 3. The molecule has 13 nitrogen and oxygen atoms in total. The molecule has 1 unspecified atom stereocenters. The highest BCUT2D eigenvalue weighted by atomic mass is 32.2. The number of oxime groups is 1. The molecule has 2 amide bonds. The van der Waals surface area contributed by atoms with Gasteiger partial charge < -0.3 is 15.3 Å². The molecule has 0 aromatic carbocycles. The first kappa shape index (κ1) is 22.7. The molecule has 3 heterocycles. The van der Waals surface area contributed by atoms with Crippen LogP contribution in [0, 0.1) is 0 Å². The molecule has 0 radical (unpaired) electrons. The van der Waals surface area contributed by atoms with E-state index in [1.54, 1.807) is 17.5 Å². The van der Waals surface area contributed by atoms with Crippen LogP contribution in [0.3, 0.4) is 0 Å². The summed E-state index contributed by atoms with van der Waals surface area (Å²) < 4.78 is 31.7. The number of allylic oxidation sites excluding steroid dienone is 1. The van der Waals surface area contributed by atoms with Gasteiger partial charge in [0.05, 0.1) is 23.2 Å². The standard InChI is InChI=1S/C16H18N4O9S2/c1-8-13(16(24)20(8)31(26,27)28)17-15(23)14(12-3-2-4-30-12)18-29-7-9-5-10(21)11(22)6-19(9)25/h2-4,6,8-9,13,22,25H,5,7H2,1H3,(H,17,23)(H,26,27,28)/b18-14-/t8-,9?,13-/m0/s1. The molecule has 4 N–H and O–H groups in total. The Morgan fingerprint density at radius 3 is 2.71 bits per heavy atom. The predicted octanol–water partition coefficient (Wildman–Crippen LogP) is -0.581. The number of rotatable bonds is 7. The summed E-state index contributed by atoms with van der Waals surface area (Å²) in [6.07, 6.45) is 0.593. The Morgan fingerprint density at radius 1 is 1.42 bits per heavy atom. The quantitative estimate of drug-likeness (QED) is 0.172. The Morgan fingerprint density at radius 2 is 2.13 bits per heavy atom. The van der Waals surface area contributed by atoms with Gasteiger partial charge >= 0.3 is 10.3 Å². The van der Waals surface area contributed by atoms with Gasteiger partial charge in [0.2, 0.25) is 5.78 Å². The number of carbonyl (C=O) groups excluding carboxylic acids is 3. The molecule has 1 fully saturated rings. The summed E-state index contributed by atoms with van der Waals surface area (Å²) >= 11 is 1.15. The zero-order chi connectivity index (χ0) is 22.9. The van der Waals surface area contributed by atoms with Crippen molar-refractivity contribution >= 4 is 45.0 Å². The number of nitrogens with one attached hydrogen (secondary N) is 1. The van der Waals surface area contributed by atoms with E-state index in [-0.39, 0.29) is 23.0 Å². The van der Waals surface area contributed by atoms with Crippen LogP contribution in [-0.2, 0) is 29.5 Å². The molecule has 2 aliphatic heterocycles. The number of amides is 2. The molecule has 0 aliphatic carbocycles. The minimum Gasteiger partial charge on any atom is -0.503 e. The smallest absolute Gasteiger partial charge is 0.362 e. The third kappa shape index (κ3) is 4.68. The highest BCUT2D eigenvalue weighted by Gasteiger charge is 2.51. The van der Waals surface area contributed by atoms with Crippen LogP contribution in [0.25, 0.3) is 0 Å². The van der Waals surface area contributed by atoms with Crippen LogP contribution >= 0.6 is 11.3 Å². The van der Waals surface area contributed by atoms with Gasteiger partial charge in [-0.15, -0.1) is 11.3 Å². The van der Waals surface area contributed by atoms with Gasteiger partial charge in [0.15, 0.2) is 11.5 Å². The summed E-state index contributed by atoms with van der Waals surface area (Å²) in [6.45, 7) is 1.03. The summed E-state index contributed by atoms with van der Waals surface area (Å²) in [5, 5.41) is 27.4. The molecule has 15 heteroatoms. The molecular weight excluding hydrogens is 456 g/mol. The lowest BCUT2D eigenvalue weighted by Gasteiger charge is -2.42. The second kappa shape index (κ2) is 8.62. The topological polar surface area (TPSA) is 186 Å². The summed E-state index contributed by atoms with van der Waals surface area (Å²) in [5.74, 6) is -3.03. The summed E-state index contributed by atoms with van der Waals surface area (Å²) in [5.41, 5.74) is -0.217. The third-order valence-corrected chi connectivity index (χ3v) is 6.48. The molecule has 0 bridgehead atoms. The number of thiophene rings is 1. The van der Waals surface area contributed by atoms with E-state index in [1.165, 1.54) is 6.92 Å². The molecule has 0 spiro atoms. The molecule has 168 valence electrons. The molecule has 1 aromatic rings. The van der Waals surface area contributed by atoms with Gasteiger partial charge in [0, 0.05) is 6.42 Å². The number of aliphatic hydroxyl groups excluding tert-OH is 1. The van der Waals surface area contributed by atoms with Crippen molar-refractivity contribution < 1.29 is 42.5 Å². The van der Waals surface area contributed by atoms with Gasteiger partial charge in [-0.25, -0.2) is 4.31 Å². The number of hydrogen-bond donors (Lipinski definition) is 4. The normalized spacial score (nSPS) is 24.5. The molecule has 2 aliphatic rings. The second-order valence-electron chi connectivity index (χ2n) is 6.69. The average Bonchev–Trinajstić information content (AvgIpc) is 3.20. The Labute approximate surface area is 180 Å². The Bertz CT molecular complexity index is 1050. The monoisotopic (exact) mass is 474 g/mol. The average molecular weight is 474 g/mol. The Hall–Kier alpha value is -3.01. The van der Waals surface area contributed by atoms with Gasteiger partial charge in [-0.05, 0) is 18.4 Å². The fourth-order valence-electron chi connectivity index (χ4n) is 2.96. The molecule has 1 saturated heterocycles. The molecule has 3 rings (SSSR count). The van der Waals surface area contributed by atoms with E-state index >= 15 is 0 Å². The van der Waals surface area contributed by atoms with E-state index in [0.717, 1.165) is 17.5 Å². The van der Waals surface area contributed by atoms with Crippen LogP contribution in [0.5, 0.6) is 0 Å². The van der Waals surface area contributed by atoms with Crippen LogP contribution in [0.15, 0.2) is 34.6 Å². The number of ketones is 1. The van der Waals surface area contributed by atoms with Crippen molar-refractivity contribution in [2.75, 3.05) is 6.61 Å². The van der Waals surface area contributed by atoms with Crippen LogP contribution in [0.4, 0.5) is 0 Å². The summed E-state index contributed by atoms with van der Waals surface area (Å²) in [6, 6.07) is 0.148. The first-order valence-corrected chi connectivity index (χ1v) is 11.0. The van der Waals surface area contributed by atoms with Crippen molar-refractivity contribution in [3.8, 4) is 0 Å².